The number of H-pyrrole nitrogens is 2. The SMILES string of the molecule is Cc1ccc(F)c(-c2nccn2CCc2c[nH]c(=O)[nH]c2=O)c1Cl. The first kappa shape index (κ1) is 16.2. The first-order valence-corrected chi connectivity index (χ1v) is 7.62. The summed E-state index contributed by atoms with van der Waals surface area (Å²) in [6.45, 7) is 2.17. The molecule has 0 unspecified atom stereocenters. The second kappa shape index (κ2) is 6.45. The summed E-state index contributed by atoms with van der Waals surface area (Å²) >= 11 is 6.23. The van der Waals surface area contributed by atoms with E-state index in [1.807, 2.05) is 0 Å². The van der Waals surface area contributed by atoms with Crippen LogP contribution >= 0.6 is 11.6 Å². The molecule has 2 N–H and O–H groups in total. The average molecular weight is 349 g/mol. The predicted octanol–water partition coefficient (Wildman–Crippen LogP) is 2.27. The summed E-state index contributed by atoms with van der Waals surface area (Å²) in [7, 11) is 0. The molecule has 1 aromatic carbocycles. The smallest absolute Gasteiger partial charge is 0.325 e. The fourth-order valence-corrected chi connectivity index (χ4v) is 2.68. The van der Waals surface area contributed by atoms with Crippen molar-refractivity contribution in [1.82, 2.24) is 19.5 Å². The zero-order chi connectivity index (χ0) is 17.3. The van der Waals surface area contributed by atoms with E-state index in [1.165, 1.54) is 12.3 Å². The molecule has 0 aliphatic rings. The number of aryl methyl sites for hydroxylation is 3. The number of hydrogen-bond acceptors (Lipinski definition) is 3. The molecule has 2 aromatic heterocycles. The molecule has 0 fully saturated rings. The molecule has 0 atom stereocenters. The average Bonchev–Trinajstić information content (AvgIpc) is 2.99. The lowest BCUT2D eigenvalue weighted by Gasteiger charge is -2.11. The lowest BCUT2D eigenvalue weighted by atomic mass is 10.1. The summed E-state index contributed by atoms with van der Waals surface area (Å²) in [5.41, 5.74) is 0.405. The minimum absolute atomic E-state index is 0.233. The van der Waals surface area contributed by atoms with Gasteiger partial charge in [0.1, 0.15) is 11.6 Å². The lowest BCUT2D eigenvalue weighted by Crippen LogP contribution is -2.25. The predicted molar refractivity (Wildman–Crippen MR) is 88.8 cm³/mol. The van der Waals surface area contributed by atoms with Crippen LogP contribution in [0, 0.1) is 12.7 Å². The summed E-state index contributed by atoms with van der Waals surface area (Å²) in [4.78, 5) is 31.6. The summed E-state index contributed by atoms with van der Waals surface area (Å²) < 4.78 is 15.9. The molecular formula is C16H14ClFN4O2. The zero-order valence-corrected chi connectivity index (χ0v) is 13.5. The molecule has 0 amide bonds. The van der Waals surface area contributed by atoms with Gasteiger partial charge in [-0.15, -0.1) is 0 Å². The number of rotatable bonds is 4. The number of nitrogens with zero attached hydrogens (tertiary/aromatic N) is 2. The molecule has 0 aliphatic carbocycles. The van der Waals surface area contributed by atoms with E-state index in [-0.39, 0.29) is 5.56 Å². The van der Waals surface area contributed by atoms with Crippen LogP contribution in [-0.2, 0) is 13.0 Å². The van der Waals surface area contributed by atoms with Gasteiger partial charge in [-0.3, -0.25) is 9.78 Å². The van der Waals surface area contributed by atoms with Crippen molar-refractivity contribution >= 4 is 11.6 Å². The maximum absolute atomic E-state index is 14.2. The summed E-state index contributed by atoms with van der Waals surface area (Å²) in [6.07, 6.45) is 4.95. The van der Waals surface area contributed by atoms with Crippen LogP contribution < -0.4 is 11.2 Å². The molecule has 0 aliphatic heterocycles. The highest BCUT2D eigenvalue weighted by atomic mass is 35.5. The number of benzene rings is 1. The van der Waals surface area contributed by atoms with Gasteiger partial charge in [0.15, 0.2) is 0 Å². The molecule has 3 aromatic rings. The molecule has 124 valence electrons. The first-order valence-electron chi connectivity index (χ1n) is 7.24. The van der Waals surface area contributed by atoms with E-state index in [4.69, 9.17) is 11.6 Å². The van der Waals surface area contributed by atoms with Gasteiger partial charge in [0.2, 0.25) is 0 Å². The standard InChI is InChI=1S/C16H14ClFN4O2/c1-9-2-3-11(18)12(13(9)17)14-19-5-7-22(14)6-4-10-8-20-16(24)21-15(10)23/h2-3,5,7-8H,4,6H2,1H3,(H2,20,21,23,24). The Morgan fingerprint density at radius 2 is 2.12 bits per heavy atom. The van der Waals surface area contributed by atoms with Crippen molar-refractivity contribution in [3.63, 3.8) is 0 Å². The second-order valence-electron chi connectivity index (χ2n) is 5.34. The zero-order valence-electron chi connectivity index (χ0n) is 12.8. The van der Waals surface area contributed by atoms with E-state index in [1.54, 1.807) is 30.0 Å². The van der Waals surface area contributed by atoms with Crippen LogP contribution in [0.5, 0.6) is 0 Å². The fraction of sp³-hybridized carbons (Fsp3) is 0.188. The van der Waals surface area contributed by atoms with Crippen LogP contribution in [0.1, 0.15) is 11.1 Å². The van der Waals surface area contributed by atoms with Gasteiger partial charge >= 0.3 is 5.69 Å². The molecule has 24 heavy (non-hydrogen) atoms. The van der Waals surface area contributed by atoms with Crippen molar-refractivity contribution in [1.29, 1.82) is 0 Å². The van der Waals surface area contributed by atoms with Crippen LogP contribution in [0.3, 0.4) is 0 Å². The molecule has 0 radical (unpaired) electrons. The van der Waals surface area contributed by atoms with Gasteiger partial charge < -0.3 is 9.55 Å². The van der Waals surface area contributed by atoms with Crippen molar-refractivity contribution in [2.24, 2.45) is 0 Å². The van der Waals surface area contributed by atoms with Gasteiger partial charge in [-0.05, 0) is 25.0 Å². The number of aromatic nitrogens is 4. The Morgan fingerprint density at radius 3 is 2.88 bits per heavy atom. The number of aromatic amines is 2. The highest BCUT2D eigenvalue weighted by Crippen LogP contribution is 2.32. The quantitative estimate of drug-likeness (QED) is 0.758. The van der Waals surface area contributed by atoms with E-state index in [0.717, 1.165) is 5.56 Å². The van der Waals surface area contributed by atoms with Crippen molar-refractivity contribution in [3.05, 3.63) is 73.5 Å². The second-order valence-corrected chi connectivity index (χ2v) is 5.72. The molecule has 0 spiro atoms. The number of imidazole rings is 1. The maximum Gasteiger partial charge on any atom is 0.325 e. The first-order chi connectivity index (χ1) is 11.5. The van der Waals surface area contributed by atoms with Crippen LogP contribution in [0.15, 0.2) is 40.3 Å². The van der Waals surface area contributed by atoms with Gasteiger partial charge in [-0.1, -0.05) is 17.7 Å². The Hall–Kier alpha value is -2.67. The Kier molecular flexibility index (Phi) is 4.35. The minimum Gasteiger partial charge on any atom is -0.331 e. The van der Waals surface area contributed by atoms with Crippen LogP contribution in [0.2, 0.25) is 5.02 Å². The van der Waals surface area contributed by atoms with Crippen molar-refractivity contribution in [2.75, 3.05) is 0 Å². The normalized spacial score (nSPS) is 11.0. The minimum atomic E-state index is -0.555. The van der Waals surface area contributed by atoms with E-state index in [0.29, 0.717) is 29.4 Å². The summed E-state index contributed by atoms with van der Waals surface area (Å²) in [5, 5.41) is 0.310. The Labute approximate surface area is 141 Å². The fourth-order valence-electron chi connectivity index (χ4n) is 2.44. The third kappa shape index (κ3) is 3.03. The highest BCUT2D eigenvalue weighted by molar-refractivity contribution is 6.34. The summed E-state index contributed by atoms with van der Waals surface area (Å²) in [6, 6.07) is 2.95. The molecule has 6 nitrogen and oxygen atoms in total. The van der Waals surface area contributed by atoms with Gasteiger partial charge in [0.05, 0.1) is 10.6 Å². The molecule has 0 saturated carbocycles. The monoisotopic (exact) mass is 348 g/mol. The molecule has 2 heterocycles. The Bertz CT molecular complexity index is 1010. The third-order valence-corrected chi connectivity index (χ3v) is 4.23. The molecule has 8 heteroatoms. The van der Waals surface area contributed by atoms with E-state index >= 15 is 0 Å². The highest BCUT2D eigenvalue weighted by Gasteiger charge is 2.17. The topological polar surface area (TPSA) is 83.5 Å². The third-order valence-electron chi connectivity index (χ3n) is 3.74. The number of nitrogens with one attached hydrogen (secondary N) is 2. The van der Waals surface area contributed by atoms with Crippen LogP contribution in [0.25, 0.3) is 11.4 Å². The van der Waals surface area contributed by atoms with Gasteiger partial charge in [0.25, 0.3) is 5.56 Å². The number of halogens is 2. The molecule has 0 bridgehead atoms. The van der Waals surface area contributed by atoms with Crippen molar-refractivity contribution in [2.45, 2.75) is 19.9 Å². The van der Waals surface area contributed by atoms with Gasteiger partial charge in [-0.25, -0.2) is 14.2 Å². The Balaban J connectivity index is 1.93. The molecular weight excluding hydrogens is 335 g/mol. The molecule has 0 saturated heterocycles. The summed E-state index contributed by atoms with van der Waals surface area (Å²) in [5.74, 6) is -0.0676. The van der Waals surface area contributed by atoms with Crippen LogP contribution in [-0.4, -0.2) is 19.5 Å². The largest absolute Gasteiger partial charge is 0.331 e. The van der Waals surface area contributed by atoms with Crippen molar-refractivity contribution in [3.8, 4) is 11.4 Å². The van der Waals surface area contributed by atoms with Gasteiger partial charge in [0, 0.05) is 30.7 Å². The maximum atomic E-state index is 14.2. The molecule has 3 rings (SSSR count). The Morgan fingerprint density at radius 1 is 1.33 bits per heavy atom. The van der Waals surface area contributed by atoms with Crippen LogP contribution in [0.4, 0.5) is 4.39 Å². The van der Waals surface area contributed by atoms with E-state index in [9.17, 15) is 14.0 Å². The van der Waals surface area contributed by atoms with E-state index < -0.39 is 17.1 Å². The van der Waals surface area contributed by atoms with E-state index in [2.05, 4.69) is 15.0 Å². The number of hydrogen-bond donors (Lipinski definition) is 2. The van der Waals surface area contributed by atoms with Crippen molar-refractivity contribution < 1.29 is 4.39 Å². The van der Waals surface area contributed by atoms with Gasteiger partial charge in [-0.2, -0.15) is 0 Å². The lowest BCUT2D eigenvalue weighted by molar-refractivity contribution is 0.624.